The summed E-state index contributed by atoms with van der Waals surface area (Å²) in [5.74, 6) is -2.51. The molecule has 6 nitrogen and oxygen atoms in total. The molecule has 0 heterocycles. The first kappa shape index (κ1) is 24.3. The monoisotopic (exact) mass is 454 g/mol. The molecular formula is C21H21F3N2O4S. The summed E-state index contributed by atoms with van der Waals surface area (Å²) in [6, 6.07) is 11.0. The first-order chi connectivity index (χ1) is 14.5. The van der Waals surface area contributed by atoms with Crippen molar-refractivity contribution in [3.8, 4) is 0 Å². The van der Waals surface area contributed by atoms with Gasteiger partial charge in [-0.1, -0.05) is 32.1 Å². The van der Waals surface area contributed by atoms with E-state index in [0.717, 1.165) is 0 Å². The van der Waals surface area contributed by atoms with Gasteiger partial charge in [-0.15, -0.1) is 0 Å². The molecule has 166 valence electrons. The SMILES string of the molecule is CCN(CC)S(=O)(=O)c1ccc(C(=O)/C=C/c2cccc(NC(=O)C(F)(F)F)c2)cc1. The van der Waals surface area contributed by atoms with Crippen molar-refractivity contribution in [1.29, 1.82) is 0 Å². The number of rotatable bonds is 8. The highest BCUT2D eigenvalue weighted by atomic mass is 32.2. The summed E-state index contributed by atoms with van der Waals surface area (Å²) in [5.41, 5.74) is 0.577. The number of allylic oxidation sites excluding steroid dienone is 1. The summed E-state index contributed by atoms with van der Waals surface area (Å²) in [6.07, 6.45) is -2.42. The number of hydrogen-bond acceptors (Lipinski definition) is 4. The lowest BCUT2D eigenvalue weighted by molar-refractivity contribution is -0.167. The molecule has 0 unspecified atom stereocenters. The van der Waals surface area contributed by atoms with Crippen LogP contribution in [0.3, 0.4) is 0 Å². The second-order valence-corrected chi connectivity index (χ2v) is 8.33. The fourth-order valence-corrected chi connectivity index (χ4v) is 4.15. The largest absolute Gasteiger partial charge is 0.471 e. The van der Waals surface area contributed by atoms with Crippen LogP contribution in [0.5, 0.6) is 0 Å². The molecule has 0 aliphatic heterocycles. The van der Waals surface area contributed by atoms with Crippen molar-refractivity contribution in [1.82, 2.24) is 4.31 Å². The van der Waals surface area contributed by atoms with Gasteiger partial charge in [0.25, 0.3) is 0 Å². The molecule has 0 aliphatic rings. The summed E-state index contributed by atoms with van der Waals surface area (Å²) < 4.78 is 63.3. The Labute approximate surface area is 178 Å². The highest BCUT2D eigenvalue weighted by molar-refractivity contribution is 7.89. The van der Waals surface area contributed by atoms with Crippen molar-refractivity contribution >= 4 is 33.5 Å². The molecule has 1 amide bonds. The number of nitrogens with one attached hydrogen (secondary N) is 1. The molecule has 0 aromatic heterocycles. The van der Waals surface area contributed by atoms with E-state index >= 15 is 0 Å². The number of carbonyl (C=O) groups excluding carboxylic acids is 2. The molecule has 0 saturated heterocycles. The van der Waals surface area contributed by atoms with Crippen LogP contribution in [-0.4, -0.2) is 43.7 Å². The van der Waals surface area contributed by atoms with E-state index in [2.05, 4.69) is 0 Å². The van der Waals surface area contributed by atoms with Crippen LogP contribution in [0.25, 0.3) is 6.08 Å². The molecule has 0 fully saturated rings. The number of nitrogens with zero attached hydrogens (tertiary/aromatic N) is 1. The number of benzene rings is 2. The molecule has 1 N–H and O–H groups in total. The summed E-state index contributed by atoms with van der Waals surface area (Å²) in [6.45, 7) is 4.11. The maximum atomic E-state index is 12.5. The van der Waals surface area contributed by atoms with Crippen LogP contribution in [0, 0.1) is 0 Å². The Balaban J connectivity index is 2.14. The Bertz CT molecular complexity index is 1070. The highest BCUT2D eigenvalue weighted by Gasteiger charge is 2.38. The fraction of sp³-hybridized carbons (Fsp3) is 0.238. The molecule has 0 spiro atoms. The maximum Gasteiger partial charge on any atom is 0.471 e. The molecule has 2 aromatic rings. The van der Waals surface area contributed by atoms with Crippen LogP contribution >= 0.6 is 0 Å². The van der Waals surface area contributed by atoms with Crippen molar-refractivity contribution < 1.29 is 31.2 Å². The number of amides is 1. The number of carbonyl (C=O) groups is 2. The number of ketones is 1. The molecule has 0 atom stereocenters. The van der Waals surface area contributed by atoms with Gasteiger partial charge in [0, 0.05) is 24.3 Å². The van der Waals surface area contributed by atoms with Crippen LogP contribution in [0.2, 0.25) is 0 Å². The van der Waals surface area contributed by atoms with Crippen molar-refractivity contribution in [2.75, 3.05) is 18.4 Å². The fourth-order valence-electron chi connectivity index (χ4n) is 2.69. The standard InChI is InChI=1S/C21H21F3N2O4S/c1-3-26(4-2)31(29,30)18-11-9-16(10-12-18)19(27)13-8-15-6-5-7-17(14-15)25-20(28)21(22,23)24/h5-14H,3-4H2,1-2H3,(H,25,28)/b13-8+. The van der Waals surface area contributed by atoms with E-state index in [9.17, 15) is 31.2 Å². The van der Waals surface area contributed by atoms with Gasteiger partial charge in [-0.25, -0.2) is 8.42 Å². The number of hydrogen-bond donors (Lipinski definition) is 1. The lowest BCUT2D eigenvalue weighted by atomic mass is 10.1. The Hall–Kier alpha value is -2.98. The minimum Gasteiger partial charge on any atom is -0.318 e. The van der Waals surface area contributed by atoms with Crippen LogP contribution < -0.4 is 5.32 Å². The Morgan fingerprint density at radius 2 is 1.65 bits per heavy atom. The summed E-state index contributed by atoms with van der Waals surface area (Å²) in [7, 11) is -3.63. The minimum absolute atomic E-state index is 0.0668. The summed E-state index contributed by atoms with van der Waals surface area (Å²) in [4.78, 5) is 23.4. The number of sulfonamides is 1. The minimum atomic E-state index is -5.01. The van der Waals surface area contributed by atoms with Gasteiger partial charge in [-0.3, -0.25) is 9.59 Å². The van der Waals surface area contributed by atoms with E-state index in [-0.39, 0.29) is 16.1 Å². The van der Waals surface area contributed by atoms with Gasteiger partial charge in [-0.2, -0.15) is 17.5 Å². The first-order valence-corrected chi connectivity index (χ1v) is 10.7. The Morgan fingerprint density at radius 1 is 1.03 bits per heavy atom. The van der Waals surface area contributed by atoms with Crippen LogP contribution in [0.1, 0.15) is 29.8 Å². The molecule has 0 bridgehead atoms. The molecule has 10 heteroatoms. The van der Waals surface area contributed by atoms with Gasteiger partial charge in [-0.05, 0) is 48.0 Å². The molecule has 0 aliphatic carbocycles. The first-order valence-electron chi connectivity index (χ1n) is 9.30. The van der Waals surface area contributed by atoms with Crippen molar-refractivity contribution in [2.24, 2.45) is 0 Å². The van der Waals surface area contributed by atoms with Crippen molar-refractivity contribution in [3.05, 3.63) is 65.7 Å². The zero-order valence-electron chi connectivity index (χ0n) is 16.8. The third-order valence-electron chi connectivity index (χ3n) is 4.31. The second kappa shape index (κ2) is 9.88. The van der Waals surface area contributed by atoms with Gasteiger partial charge >= 0.3 is 12.1 Å². The molecular weight excluding hydrogens is 433 g/mol. The number of halogens is 3. The van der Waals surface area contributed by atoms with Gasteiger partial charge < -0.3 is 5.32 Å². The van der Waals surface area contributed by atoms with Crippen LogP contribution in [0.15, 0.2) is 59.5 Å². The lowest BCUT2D eigenvalue weighted by Gasteiger charge is -2.18. The van der Waals surface area contributed by atoms with Gasteiger partial charge in [0.05, 0.1) is 4.90 Å². The zero-order valence-corrected chi connectivity index (χ0v) is 17.6. The van der Waals surface area contributed by atoms with Crippen molar-refractivity contribution in [2.45, 2.75) is 24.9 Å². The Kier molecular flexibility index (Phi) is 7.75. The number of alkyl halides is 3. The molecule has 0 saturated carbocycles. The van der Waals surface area contributed by atoms with E-state index in [1.54, 1.807) is 25.2 Å². The predicted octanol–water partition coefficient (Wildman–Crippen LogP) is 4.11. The van der Waals surface area contributed by atoms with Crippen LogP contribution in [-0.2, 0) is 14.8 Å². The summed E-state index contributed by atoms with van der Waals surface area (Å²) >= 11 is 0. The molecule has 2 aromatic carbocycles. The lowest BCUT2D eigenvalue weighted by Crippen LogP contribution is -2.30. The predicted molar refractivity (Wildman–Crippen MR) is 111 cm³/mol. The Morgan fingerprint density at radius 3 is 2.19 bits per heavy atom. The van der Waals surface area contributed by atoms with Crippen molar-refractivity contribution in [3.63, 3.8) is 0 Å². The van der Waals surface area contributed by atoms with E-state index in [1.807, 2.05) is 0 Å². The average Bonchev–Trinajstić information content (AvgIpc) is 2.72. The topological polar surface area (TPSA) is 83.6 Å². The van der Waals surface area contributed by atoms with E-state index in [1.165, 1.54) is 58.9 Å². The molecule has 2 rings (SSSR count). The summed E-state index contributed by atoms with van der Waals surface area (Å²) in [5, 5.41) is 1.74. The molecule has 0 radical (unpaired) electrons. The van der Waals surface area contributed by atoms with E-state index in [4.69, 9.17) is 0 Å². The maximum absolute atomic E-state index is 12.5. The van der Waals surface area contributed by atoms with Gasteiger partial charge in [0.2, 0.25) is 10.0 Å². The smallest absolute Gasteiger partial charge is 0.318 e. The average molecular weight is 454 g/mol. The van der Waals surface area contributed by atoms with Gasteiger partial charge in [0.15, 0.2) is 5.78 Å². The highest BCUT2D eigenvalue weighted by Crippen LogP contribution is 2.20. The molecule has 31 heavy (non-hydrogen) atoms. The van der Waals surface area contributed by atoms with Crippen LogP contribution in [0.4, 0.5) is 18.9 Å². The zero-order chi connectivity index (χ0) is 23.2. The number of anilines is 1. The third kappa shape index (κ3) is 6.25. The van der Waals surface area contributed by atoms with E-state index < -0.39 is 27.9 Å². The normalized spacial score (nSPS) is 12.3. The quantitative estimate of drug-likeness (QED) is 0.481. The second-order valence-electron chi connectivity index (χ2n) is 6.39. The van der Waals surface area contributed by atoms with Gasteiger partial charge in [0.1, 0.15) is 0 Å². The third-order valence-corrected chi connectivity index (χ3v) is 6.38. The van der Waals surface area contributed by atoms with E-state index in [0.29, 0.717) is 18.7 Å².